The van der Waals surface area contributed by atoms with Crippen LogP contribution in [0, 0.1) is 11.3 Å². The van der Waals surface area contributed by atoms with Crippen molar-refractivity contribution < 1.29 is 0 Å². The number of nitriles is 1. The van der Waals surface area contributed by atoms with Gasteiger partial charge < -0.3 is 5.73 Å². The highest BCUT2D eigenvalue weighted by Gasteiger charge is 2.24. The molecule has 0 saturated carbocycles. The predicted octanol–water partition coefficient (Wildman–Crippen LogP) is 8.21. The highest BCUT2D eigenvalue weighted by atomic mass is 31.1. The molecular weight excluding hydrogens is 543 g/mol. The van der Waals surface area contributed by atoms with Gasteiger partial charge in [0.25, 0.3) is 0 Å². The van der Waals surface area contributed by atoms with Gasteiger partial charge in [0.15, 0.2) is 0 Å². The van der Waals surface area contributed by atoms with Crippen LogP contribution in [0.1, 0.15) is 5.56 Å². The van der Waals surface area contributed by atoms with Crippen molar-refractivity contribution in [3.63, 3.8) is 0 Å². The molecule has 0 aromatic heterocycles. The number of hydrogen-bond donors (Lipinski definition) is 1. The standard InChI is InChI=1S/C38H29N4P/c39-28-35(38(40)42(31-20-7-2-8-21-31)36-27-15-19-29-16-13-14-26-34(29)36)37(30-17-5-1-6-18-30)41-43(32-22-9-3-10-23-32)33-24-11-4-12-25-33/h1-27H,40H2/b38-35+,41-37-. The normalized spacial score (nSPS) is 12.0. The van der Waals surface area contributed by atoms with Crippen LogP contribution in [0.2, 0.25) is 0 Å². The Labute approximate surface area is 253 Å². The van der Waals surface area contributed by atoms with Gasteiger partial charge in [-0.05, 0) is 23.6 Å². The first-order valence-corrected chi connectivity index (χ1v) is 15.3. The number of benzene rings is 6. The summed E-state index contributed by atoms with van der Waals surface area (Å²) in [6, 6.07) is 57.1. The quantitative estimate of drug-likeness (QED) is 0.114. The molecule has 0 atom stereocenters. The number of para-hydroxylation sites is 1. The Morgan fingerprint density at radius 2 is 1.12 bits per heavy atom. The molecule has 0 aliphatic heterocycles. The minimum Gasteiger partial charge on any atom is -0.384 e. The second-order valence-electron chi connectivity index (χ2n) is 9.84. The Morgan fingerprint density at radius 3 is 1.72 bits per heavy atom. The van der Waals surface area contributed by atoms with Gasteiger partial charge >= 0.3 is 0 Å². The molecule has 6 aromatic carbocycles. The van der Waals surface area contributed by atoms with Crippen LogP contribution in [0.5, 0.6) is 0 Å². The van der Waals surface area contributed by atoms with Crippen molar-refractivity contribution in [3.05, 3.63) is 181 Å². The number of hydrogen-bond acceptors (Lipinski definition) is 4. The number of allylic oxidation sites excluding steroid dienone is 1. The lowest BCUT2D eigenvalue weighted by Crippen LogP contribution is -2.27. The second kappa shape index (κ2) is 13.0. The van der Waals surface area contributed by atoms with Crippen LogP contribution in [0.3, 0.4) is 0 Å². The summed E-state index contributed by atoms with van der Waals surface area (Å²) in [7, 11) is -1.20. The summed E-state index contributed by atoms with van der Waals surface area (Å²) in [6.07, 6.45) is 0. The largest absolute Gasteiger partial charge is 0.384 e. The smallest absolute Gasteiger partial charge is 0.128 e. The minimum atomic E-state index is -1.20. The maximum absolute atomic E-state index is 10.9. The van der Waals surface area contributed by atoms with Crippen molar-refractivity contribution in [2.24, 2.45) is 10.5 Å². The molecule has 0 radical (unpaired) electrons. The number of fused-ring (bicyclic) bond motifs is 1. The van der Waals surface area contributed by atoms with Crippen LogP contribution in [-0.4, -0.2) is 5.71 Å². The van der Waals surface area contributed by atoms with Gasteiger partial charge in [-0.3, -0.25) is 4.90 Å². The lowest BCUT2D eigenvalue weighted by atomic mass is 10.0. The molecule has 0 heterocycles. The van der Waals surface area contributed by atoms with E-state index < -0.39 is 8.07 Å². The third-order valence-electron chi connectivity index (χ3n) is 7.12. The van der Waals surface area contributed by atoms with Crippen LogP contribution < -0.4 is 21.2 Å². The molecular formula is C38H29N4P. The molecule has 206 valence electrons. The van der Waals surface area contributed by atoms with E-state index in [2.05, 4.69) is 48.5 Å². The van der Waals surface area contributed by atoms with Crippen molar-refractivity contribution in [2.75, 3.05) is 4.90 Å². The lowest BCUT2D eigenvalue weighted by molar-refractivity contribution is 1.12. The Bertz CT molecular complexity index is 1890. The number of nitrogens with zero attached hydrogens (tertiary/aromatic N) is 3. The van der Waals surface area contributed by atoms with E-state index in [9.17, 15) is 5.26 Å². The van der Waals surface area contributed by atoms with E-state index in [1.807, 2.05) is 126 Å². The minimum absolute atomic E-state index is 0.308. The highest BCUT2D eigenvalue weighted by Crippen LogP contribution is 2.39. The Morgan fingerprint density at radius 1 is 0.605 bits per heavy atom. The Kier molecular flexibility index (Phi) is 8.36. The van der Waals surface area contributed by atoms with E-state index in [0.717, 1.165) is 38.3 Å². The molecule has 2 N–H and O–H groups in total. The molecule has 0 saturated heterocycles. The summed E-state index contributed by atoms with van der Waals surface area (Å²) in [5.74, 6) is 0.309. The fourth-order valence-electron chi connectivity index (χ4n) is 5.08. The first-order chi connectivity index (χ1) is 21.2. The van der Waals surface area contributed by atoms with Gasteiger partial charge in [0.2, 0.25) is 0 Å². The number of anilines is 2. The fraction of sp³-hybridized carbons (Fsp3) is 0. The first kappa shape index (κ1) is 27.7. The van der Waals surface area contributed by atoms with Crippen molar-refractivity contribution in [3.8, 4) is 6.07 Å². The summed E-state index contributed by atoms with van der Waals surface area (Å²) < 4.78 is 5.41. The summed E-state index contributed by atoms with van der Waals surface area (Å²) in [5, 5.41) is 15.1. The van der Waals surface area contributed by atoms with Gasteiger partial charge in [0.1, 0.15) is 17.5 Å². The molecule has 43 heavy (non-hydrogen) atoms. The molecule has 0 aliphatic carbocycles. The van der Waals surface area contributed by atoms with Crippen LogP contribution in [-0.2, 0) is 0 Å². The van der Waals surface area contributed by atoms with E-state index in [-0.39, 0.29) is 0 Å². The zero-order chi connectivity index (χ0) is 29.4. The zero-order valence-electron chi connectivity index (χ0n) is 23.5. The molecule has 0 unspecified atom stereocenters. The van der Waals surface area contributed by atoms with E-state index in [1.165, 1.54) is 0 Å². The van der Waals surface area contributed by atoms with E-state index in [4.69, 9.17) is 10.5 Å². The van der Waals surface area contributed by atoms with Crippen molar-refractivity contribution >= 4 is 46.5 Å². The van der Waals surface area contributed by atoms with Gasteiger partial charge in [-0.2, -0.15) is 5.26 Å². The summed E-state index contributed by atoms with van der Waals surface area (Å²) in [4.78, 5) is 1.96. The summed E-state index contributed by atoms with van der Waals surface area (Å²) >= 11 is 0. The third-order valence-corrected chi connectivity index (χ3v) is 9.09. The van der Waals surface area contributed by atoms with Gasteiger partial charge in [-0.15, -0.1) is 0 Å². The Hall–Kier alpha value is -5.49. The maximum Gasteiger partial charge on any atom is 0.128 e. The average Bonchev–Trinajstić information content (AvgIpc) is 3.08. The maximum atomic E-state index is 10.9. The molecule has 0 fully saturated rings. The Balaban J connectivity index is 1.63. The van der Waals surface area contributed by atoms with E-state index in [1.54, 1.807) is 0 Å². The molecule has 6 aromatic rings. The summed E-state index contributed by atoms with van der Waals surface area (Å²) in [6.45, 7) is 0. The average molecular weight is 573 g/mol. The van der Waals surface area contributed by atoms with E-state index >= 15 is 0 Å². The van der Waals surface area contributed by atoms with Crippen LogP contribution in [0.25, 0.3) is 10.8 Å². The molecule has 4 nitrogen and oxygen atoms in total. The number of nitrogens with two attached hydrogens (primary N) is 1. The van der Waals surface area contributed by atoms with Gasteiger partial charge in [-0.1, -0.05) is 146 Å². The zero-order valence-corrected chi connectivity index (χ0v) is 24.3. The highest BCUT2D eigenvalue weighted by molar-refractivity contribution is 7.72. The lowest BCUT2D eigenvalue weighted by Gasteiger charge is -2.28. The van der Waals surface area contributed by atoms with Crippen molar-refractivity contribution in [1.29, 1.82) is 5.26 Å². The third kappa shape index (κ3) is 5.95. The van der Waals surface area contributed by atoms with E-state index in [0.29, 0.717) is 17.1 Å². The molecule has 5 heteroatoms. The van der Waals surface area contributed by atoms with Crippen LogP contribution in [0.15, 0.2) is 180 Å². The molecule has 0 bridgehead atoms. The summed E-state index contributed by atoms with van der Waals surface area (Å²) in [5.41, 5.74) is 10.6. The first-order valence-electron chi connectivity index (χ1n) is 14.0. The fourth-order valence-corrected chi connectivity index (χ4v) is 6.94. The van der Waals surface area contributed by atoms with Gasteiger partial charge in [0.05, 0.1) is 19.5 Å². The number of rotatable bonds is 8. The topological polar surface area (TPSA) is 65.4 Å². The second-order valence-corrected chi connectivity index (χ2v) is 11.7. The van der Waals surface area contributed by atoms with Gasteiger partial charge in [-0.25, -0.2) is 4.76 Å². The predicted molar refractivity (Wildman–Crippen MR) is 181 cm³/mol. The van der Waals surface area contributed by atoms with Crippen LogP contribution in [0.4, 0.5) is 11.4 Å². The van der Waals surface area contributed by atoms with Crippen LogP contribution >= 0.6 is 8.07 Å². The molecule has 0 spiro atoms. The molecule has 0 aliphatic rings. The molecule has 0 amide bonds. The van der Waals surface area contributed by atoms with Crippen molar-refractivity contribution in [2.45, 2.75) is 0 Å². The monoisotopic (exact) mass is 572 g/mol. The molecule has 6 rings (SSSR count). The SMILES string of the molecule is N#CC(/C(=N\P(c1ccccc1)c1ccccc1)c1ccccc1)=C(/N)N(c1ccccc1)c1cccc2ccccc12. The van der Waals surface area contributed by atoms with Crippen molar-refractivity contribution in [1.82, 2.24) is 0 Å². The van der Waals surface area contributed by atoms with Gasteiger partial charge in [0, 0.05) is 27.2 Å².